The number of nitrogens with zero attached hydrogens (tertiary/aromatic N) is 2. The Morgan fingerprint density at radius 1 is 0.875 bits per heavy atom. The molecule has 2 heterocycles. The van der Waals surface area contributed by atoms with Crippen LogP contribution in [0.1, 0.15) is 11.3 Å². The minimum Gasteiger partial charge on any atom is -0.323 e. The maximum atomic E-state index is 4.84. The van der Waals surface area contributed by atoms with Crippen molar-refractivity contribution in [2.75, 3.05) is 5.32 Å². The number of aromatic nitrogens is 3. The van der Waals surface area contributed by atoms with Crippen LogP contribution in [0.25, 0.3) is 22.0 Å². The van der Waals surface area contributed by atoms with Crippen molar-refractivity contribution in [2.24, 2.45) is 0 Å². The quantitative estimate of drug-likeness (QED) is 0.560. The Labute approximate surface area is 140 Å². The third-order valence-electron chi connectivity index (χ3n) is 4.03. The van der Waals surface area contributed by atoms with Crippen LogP contribution < -0.4 is 5.32 Å². The molecule has 0 amide bonds. The largest absolute Gasteiger partial charge is 0.323 e. The van der Waals surface area contributed by atoms with Crippen LogP contribution in [-0.4, -0.2) is 15.2 Å². The SMILES string of the molecule is Cc1ccc(-c2nc(Nc3cc(C)[nH]n3)cc3ccccc23)cc1. The highest BCUT2D eigenvalue weighted by Gasteiger charge is 2.09. The van der Waals surface area contributed by atoms with E-state index in [1.165, 1.54) is 5.56 Å². The van der Waals surface area contributed by atoms with E-state index in [-0.39, 0.29) is 0 Å². The Morgan fingerprint density at radius 3 is 2.42 bits per heavy atom. The minimum atomic E-state index is 0.769. The van der Waals surface area contributed by atoms with Crippen molar-refractivity contribution in [1.29, 1.82) is 0 Å². The zero-order chi connectivity index (χ0) is 16.5. The van der Waals surface area contributed by atoms with Crippen LogP contribution in [0.4, 0.5) is 11.6 Å². The van der Waals surface area contributed by atoms with Gasteiger partial charge < -0.3 is 5.32 Å². The molecule has 0 saturated heterocycles. The van der Waals surface area contributed by atoms with Gasteiger partial charge in [0.2, 0.25) is 0 Å². The fourth-order valence-electron chi connectivity index (χ4n) is 2.81. The standard InChI is InChI=1S/C20H18N4/c1-13-7-9-15(10-8-13)20-17-6-4-3-5-16(17)12-18(22-20)21-19-11-14(2)23-24-19/h3-12H,1-2H3,(H2,21,22,23,24). The summed E-state index contributed by atoms with van der Waals surface area (Å²) in [6, 6.07) is 20.8. The number of aromatic amines is 1. The molecule has 0 bridgehead atoms. The van der Waals surface area contributed by atoms with E-state index >= 15 is 0 Å². The second-order valence-electron chi connectivity index (χ2n) is 6.00. The zero-order valence-electron chi connectivity index (χ0n) is 13.7. The van der Waals surface area contributed by atoms with Crippen molar-refractivity contribution in [3.63, 3.8) is 0 Å². The highest BCUT2D eigenvalue weighted by molar-refractivity contribution is 5.96. The van der Waals surface area contributed by atoms with Gasteiger partial charge in [-0.15, -0.1) is 0 Å². The molecule has 24 heavy (non-hydrogen) atoms. The molecule has 0 aliphatic heterocycles. The third kappa shape index (κ3) is 2.74. The fourth-order valence-corrected chi connectivity index (χ4v) is 2.81. The molecule has 0 atom stereocenters. The van der Waals surface area contributed by atoms with Gasteiger partial charge in [-0.1, -0.05) is 54.1 Å². The van der Waals surface area contributed by atoms with Gasteiger partial charge >= 0.3 is 0 Å². The molecular weight excluding hydrogens is 296 g/mol. The number of hydrogen-bond donors (Lipinski definition) is 2. The summed E-state index contributed by atoms with van der Waals surface area (Å²) < 4.78 is 0. The zero-order valence-corrected chi connectivity index (χ0v) is 13.7. The Bertz CT molecular complexity index is 1000. The molecule has 2 aromatic heterocycles. The van der Waals surface area contributed by atoms with Crippen molar-refractivity contribution in [3.8, 4) is 11.3 Å². The second-order valence-corrected chi connectivity index (χ2v) is 6.00. The van der Waals surface area contributed by atoms with Gasteiger partial charge in [-0.25, -0.2) is 4.98 Å². The lowest BCUT2D eigenvalue weighted by molar-refractivity contribution is 1.05. The predicted octanol–water partition coefficient (Wildman–Crippen LogP) is 4.99. The molecule has 0 fully saturated rings. The van der Waals surface area contributed by atoms with Crippen molar-refractivity contribution in [3.05, 3.63) is 71.9 Å². The lowest BCUT2D eigenvalue weighted by atomic mass is 10.0. The Hall–Kier alpha value is -3.14. The first kappa shape index (κ1) is 14.5. The van der Waals surface area contributed by atoms with E-state index in [4.69, 9.17) is 4.98 Å². The van der Waals surface area contributed by atoms with Crippen LogP contribution >= 0.6 is 0 Å². The smallest absolute Gasteiger partial charge is 0.153 e. The van der Waals surface area contributed by atoms with E-state index < -0.39 is 0 Å². The lowest BCUT2D eigenvalue weighted by Gasteiger charge is -2.10. The molecule has 4 aromatic rings. The van der Waals surface area contributed by atoms with Gasteiger partial charge in [-0.3, -0.25) is 5.10 Å². The predicted molar refractivity (Wildman–Crippen MR) is 98.5 cm³/mol. The monoisotopic (exact) mass is 314 g/mol. The summed E-state index contributed by atoms with van der Waals surface area (Å²) in [5.41, 5.74) is 4.34. The van der Waals surface area contributed by atoms with Gasteiger partial charge in [0.25, 0.3) is 0 Å². The van der Waals surface area contributed by atoms with Crippen LogP contribution in [-0.2, 0) is 0 Å². The Balaban J connectivity index is 1.85. The van der Waals surface area contributed by atoms with Gasteiger partial charge in [0.05, 0.1) is 5.69 Å². The summed E-state index contributed by atoms with van der Waals surface area (Å²) >= 11 is 0. The number of benzene rings is 2. The summed E-state index contributed by atoms with van der Waals surface area (Å²) in [7, 11) is 0. The number of aryl methyl sites for hydroxylation is 2. The Morgan fingerprint density at radius 2 is 1.67 bits per heavy atom. The maximum Gasteiger partial charge on any atom is 0.153 e. The number of fused-ring (bicyclic) bond motifs is 1. The molecule has 4 rings (SSSR count). The number of nitrogens with one attached hydrogen (secondary N) is 2. The molecule has 0 saturated carbocycles. The summed E-state index contributed by atoms with van der Waals surface area (Å²) in [5.74, 6) is 1.56. The van der Waals surface area contributed by atoms with Crippen molar-refractivity contribution in [1.82, 2.24) is 15.2 Å². The number of anilines is 2. The molecule has 118 valence electrons. The van der Waals surface area contributed by atoms with E-state index in [1.54, 1.807) is 0 Å². The maximum absolute atomic E-state index is 4.84. The summed E-state index contributed by atoms with van der Waals surface area (Å²) in [5, 5.41) is 12.7. The highest BCUT2D eigenvalue weighted by atomic mass is 15.2. The average molecular weight is 314 g/mol. The molecule has 0 spiro atoms. The normalized spacial score (nSPS) is 10.9. The molecule has 4 heteroatoms. The summed E-state index contributed by atoms with van der Waals surface area (Å²) in [6.07, 6.45) is 0. The fraction of sp³-hybridized carbons (Fsp3) is 0.100. The van der Waals surface area contributed by atoms with Crippen LogP contribution in [0, 0.1) is 13.8 Å². The van der Waals surface area contributed by atoms with E-state index in [2.05, 4.69) is 64.9 Å². The summed E-state index contributed by atoms with van der Waals surface area (Å²) in [6.45, 7) is 4.07. The van der Waals surface area contributed by atoms with E-state index in [9.17, 15) is 0 Å². The molecular formula is C20H18N4. The molecule has 4 nitrogen and oxygen atoms in total. The first-order valence-corrected chi connectivity index (χ1v) is 7.95. The molecule has 0 radical (unpaired) electrons. The number of rotatable bonds is 3. The molecule has 0 aliphatic rings. The van der Waals surface area contributed by atoms with Crippen LogP contribution in [0.15, 0.2) is 60.7 Å². The number of hydrogen-bond acceptors (Lipinski definition) is 3. The number of H-pyrrole nitrogens is 1. The van der Waals surface area contributed by atoms with E-state index in [0.29, 0.717) is 0 Å². The van der Waals surface area contributed by atoms with Crippen LogP contribution in [0.3, 0.4) is 0 Å². The van der Waals surface area contributed by atoms with Gasteiger partial charge in [0, 0.05) is 22.7 Å². The number of pyridine rings is 1. The van der Waals surface area contributed by atoms with E-state index in [0.717, 1.165) is 39.4 Å². The van der Waals surface area contributed by atoms with Crippen molar-refractivity contribution in [2.45, 2.75) is 13.8 Å². The lowest BCUT2D eigenvalue weighted by Crippen LogP contribution is -1.96. The van der Waals surface area contributed by atoms with Gasteiger partial charge in [0.1, 0.15) is 5.82 Å². The molecule has 2 aromatic carbocycles. The van der Waals surface area contributed by atoms with Gasteiger partial charge in [-0.05, 0) is 25.3 Å². The average Bonchev–Trinajstić information content (AvgIpc) is 3.00. The van der Waals surface area contributed by atoms with Crippen molar-refractivity contribution < 1.29 is 0 Å². The second kappa shape index (κ2) is 5.81. The highest BCUT2D eigenvalue weighted by Crippen LogP contribution is 2.30. The molecule has 0 unspecified atom stereocenters. The summed E-state index contributed by atoms with van der Waals surface area (Å²) in [4.78, 5) is 4.84. The van der Waals surface area contributed by atoms with Crippen LogP contribution in [0.2, 0.25) is 0 Å². The topological polar surface area (TPSA) is 53.6 Å². The molecule has 0 aliphatic carbocycles. The first-order valence-electron chi connectivity index (χ1n) is 7.95. The minimum absolute atomic E-state index is 0.769. The first-order chi connectivity index (χ1) is 11.7. The molecule has 2 N–H and O–H groups in total. The Kier molecular flexibility index (Phi) is 3.50. The van der Waals surface area contributed by atoms with Crippen LogP contribution in [0.5, 0.6) is 0 Å². The third-order valence-corrected chi connectivity index (χ3v) is 4.03. The van der Waals surface area contributed by atoms with Crippen molar-refractivity contribution >= 4 is 22.4 Å². The van der Waals surface area contributed by atoms with E-state index in [1.807, 2.05) is 25.1 Å². The van der Waals surface area contributed by atoms with Gasteiger partial charge in [-0.2, -0.15) is 5.10 Å². The van der Waals surface area contributed by atoms with Gasteiger partial charge in [0.15, 0.2) is 5.82 Å².